The molecule has 1 heterocycles. The molecule has 2 aromatic rings. The maximum absolute atomic E-state index is 11.7. The van der Waals surface area contributed by atoms with Gasteiger partial charge in [-0.1, -0.05) is 30.3 Å². The summed E-state index contributed by atoms with van der Waals surface area (Å²) in [4.78, 5) is 27.3. The summed E-state index contributed by atoms with van der Waals surface area (Å²) < 4.78 is 16.8. The van der Waals surface area contributed by atoms with E-state index in [2.05, 4.69) is 27.2 Å². The molecule has 7 heteroatoms. The second-order valence-electron chi connectivity index (χ2n) is 8.70. The van der Waals surface area contributed by atoms with Gasteiger partial charge in [-0.2, -0.15) is 0 Å². The van der Waals surface area contributed by atoms with Crippen LogP contribution in [0.3, 0.4) is 0 Å². The summed E-state index contributed by atoms with van der Waals surface area (Å²) >= 11 is 0. The lowest BCUT2D eigenvalue weighted by molar-refractivity contribution is -0.152. The van der Waals surface area contributed by atoms with Crippen LogP contribution in [0.4, 0.5) is 5.69 Å². The number of benzene rings is 1. The molecule has 0 saturated heterocycles. The summed E-state index contributed by atoms with van der Waals surface area (Å²) in [6, 6.07) is 13.7. The Morgan fingerprint density at radius 3 is 2.47 bits per heavy atom. The van der Waals surface area contributed by atoms with Crippen molar-refractivity contribution in [2.24, 2.45) is 5.41 Å². The number of rotatable bonds is 7. The zero-order chi connectivity index (χ0) is 22.4. The molecule has 1 N–H and O–H groups in total. The lowest BCUT2D eigenvalue weighted by Crippen LogP contribution is -2.46. The number of amides is 1. The monoisotopic (exact) mass is 438 g/mol. The molecule has 2 fully saturated rings. The molecule has 0 aliphatic heterocycles. The van der Waals surface area contributed by atoms with Gasteiger partial charge in [0, 0.05) is 6.07 Å². The van der Waals surface area contributed by atoms with Crippen molar-refractivity contribution in [3.63, 3.8) is 0 Å². The van der Waals surface area contributed by atoms with Crippen molar-refractivity contribution in [2.45, 2.75) is 64.3 Å². The highest BCUT2D eigenvalue weighted by Crippen LogP contribution is 2.53. The second-order valence-corrected chi connectivity index (χ2v) is 8.70. The molecule has 0 unspecified atom stereocenters. The Morgan fingerprint density at radius 2 is 1.81 bits per heavy atom. The first kappa shape index (κ1) is 22.3. The highest BCUT2D eigenvalue weighted by Gasteiger charge is 2.47. The Morgan fingerprint density at radius 1 is 1.06 bits per heavy atom. The molecule has 32 heavy (non-hydrogen) atoms. The van der Waals surface area contributed by atoms with Gasteiger partial charge in [-0.15, -0.1) is 0 Å². The highest BCUT2D eigenvalue weighted by atomic mass is 16.5. The third-order valence-corrected chi connectivity index (χ3v) is 6.39. The molecule has 170 valence electrons. The maximum atomic E-state index is 11.7. The normalized spacial score (nSPS) is 24.4. The molecule has 1 amide bonds. The van der Waals surface area contributed by atoms with Crippen LogP contribution in [0.15, 0.2) is 48.7 Å². The van der Waals surface area contributed by atoms with E-state index >= 15 is 0 Å². The minimum Gasteiger partial charge on any atom is -0.474 e. The summed E-state index contributed by atoms with van der Waals surface area (Å²) in [5.41, 5.74) is 2.06. The van der Waals surface area contributed by atoms with Gasteiger partial charge in [0.05, 0.1) is 31.2 Å². The Kier molecular flexibility index (Phi) is 7.05. The van der Waals surface area contributed by atoms with E-state index in [-0.39, 0.29) is 12.7 Å². The molecule has 0 radical (unpaired) electrons. The van der Waals surface area contributed by atoms with E-state index in [0.29, 0.717) is 29.7 Å². The third-order valence-electron chi connectivity index (χ3n) is 6.39. The molecule has 4 rings (SSSR count). The van der Waals surface area contributed by atoms with Crippen LogP contribution in [-0.4, -0.2) is 35.7 Å². The fourth-order valence-corrected chi connectivity index (χ4v) is 4.62. The average molecular weight is 439 g/mol. The first-order valence-electron chi connectivity index (χ1n) is 11.3. The minimum atomic E-state index is -0.910. The van der Waals surface area contributed by atoms with Crippen molar-refractivity contribution >= 4 is 17.6 Å². The van der Waals surface area contributed by atoms with E-state index in [4.69, 9.17) is 9.47 Å². The number of ether oxygens (including phenoxy) is 3. The third kappa shape index (κ3) is 5.65. The SMILES string of the molecule is CCOC(=O)C(=O)Nc1ccc(OC2CCC3(CC2)CC(OCc2ccccc2)C3)nc1. The summed E-state index contributed by atoms with van der Waals surface area (Å²) in [6.07, 6.45) is 8.59. The van der Waals surface area contributed by atoms with Gasteiger partial charge < -0.3 is 19.5 Å². The van der Waals surface area contributed by atoms with Gasteiger partial charge in [0.2, 0.25) is 5.88 Å². The van der Waals surface area contributed by atoms with Crippen LogP contribution in [-0.2, 0) is 25.7 Å². The number of nitrogens with zero attached hydrogens (tertiary/aromatic N) is 1. The molecule has 2 aliphatic carbocycles. The van der Waals surface area contributed by atoms with E-state index in [1.54, 1.807) is 19.1 Å². The molecule has 2 saturated carbocycles. The molecule has 0 atom stereocenters. The van der Waals surface area contributed by atoms with Crippen LogP contribution in [0, 0.1) is 5.41 Å². The number of aromatic nitrogens is 1. The highest BCUT2D eigenvalue weighted by molar-refractivity contribution is 6.37. The smallest absolute Gasteiger partial charge is 0.397 e. The average Bonchev–Trinajstić information content (AvgIpc) is 2.79. The first-order chi connectivity index (χ1) is 15.5. The minimum absolute atomic E-state index is 0.150. The van der Waals surface area contributed by atoms with E-state index in [1.807, 2.05) is 18.2 Å². The molecule has 1 spiro atoms. The van der Waals surface area contributed by atoms with Crippen LogP contribution < -0.4 is 10.1 Å². The lowest BCUT2D eigenvalue weighted by Gasteiger charge is -2.51. The molecule has 7 nitrogen and oxygen atoms in total. The number of hydrogen-bond acceptors (Lipinski definition) is 6. The Bertz CT molecular complexity index is 900. The standard InChI is InChI=1S/C25H30N2O5/c1-2-30-24(29)23(28)27-19-8-9-22(26-16-19)32-20-10-12-25(13-11-20)14-21(15-25)31-17-18-6-4-3-5-7-18/h3-9,16,20-21H,2,10-15,17H2,1H3,(H,27,28). The summed E-state index contributed by atoms with van der Waals surface area (Å²) in [5.74, 6) is -1.20. The zero-order valence-electron chi connectivity index (χ0n) is 18.4. The van der Waals surface area contributed by atoms with Crippen molar-refractivity contribution in [1.82, 2.24) is 4.98 Å². The van der Waals surface area contributed by atoms with Crippen molar-refractivity contribution in [2.75, 3.05) is 11.9 Å². The van der Waals surface area contributed by atoms with Gasteiger partial charge in [0.25, 0.3) is 0 Å². The van der Waals surface area contributed by atoms with Crippen LogP contribution in [0.5, 0.6) is 5.88 Å². The Labute approximate surface area is 188 Å². The summed E-state index contributed by atoms with van der Waals surface area (Å²) in [7, 11) is 0. The summed E-state index contributed by atoms with van der Waals surface area (Å²) in [6.45, 7) is 2.49. The zero-order valence-corrected chi connectivity index (χ0v) is 18.4. The van der Waals surface area contributed by atoms with Crippen LogP contribution in [0.2, 0.25) is 0 Å². The quantitative estimate of drug-likeness (QED) is 0.513. The van der Waals surface area contributed by atoms with Crippen LogP contribution >= 0.6 is 0 Å². The van der Waals surface area contributed by atoms with E-state index in [1.165, 1.54) is 11.8 Å². The van der Waals surface area contributed by atoms with E-state index in [0.717, 1.165) is 38.5 Å². The fraction of sp³-hybridized carbons (Fsp3) is 0.480. The topological polar surface area (TPSA) is 86.8 Å². The van der Waals surface area contributed by atoms with Crippen molar-refractivity contribution in [3.8, 4) is 5.88 Å². The van der Waals surface area contributed by atoms with Gasteiger partial charge in [-0.05, 0) is 62.5 Å². The number of hydrogen-bond donors (Lipinski definition) is 1. The Balaban J connectivity index is 1.17. The number of pyridine rings is 1. The first-order valence-corrected chi connectivity index (χ1v) is 11.3. The second kappa shape index (κ2) is 10.1. The predicted octanol–water partition coefficient (Wildman–Crippen LogP) is 4.27. The number of carbonyl (C=O) groups is 2. The number of esters is 1. The fourth-order valence-electron chi connectivity index (χ4n) is 4.62. The van der Waals surface area contributed by atoms with Gasteiger partial charge in [-0.25, -0.2) is 9.78 Å². The number of carbonyl (C=O) groups excluding carboxylic acids is 2. The van der Waals surface area contributed by atoms with Gasteiger partial charge in [-0.3, -0.25) is 4.79 Å². The largest absolute Gasteiger partial charge is 0.474 e. The Hall–Kier alpha value is -2.93. The molecule has 2 aliphatic rings. The van der Waals surface area contributed by atoms with Gasteiger partial charge in [0.1, 0.15) is 6.10 Å². The van der Waals surface area contributed by atoms with E-state index in [9.17, 15) is 9.59 Å². The van der Waals surface area contributed by atoms with E-state index < -0.39 is 11.9 Å². The van der Waals surface area contributed by atoms with Crippen LogP contribution in [0.1, 0.15) is 51.0 Å². The van der Waals surface area contributed by atoms with Gasteiger partial charge in [0.15, 0.2) is 0 Å². The van der Waals surface area contributed by atoms with Crippen molar-refractivity contribution < 1.29 is 23.8 Å². The van der Waals surface area contributed by atoms with Crippen molar-refractivity contribution in [1.29, 1.82) is 0 Å². The maximum Gasteiger partial charge on any atom is 0.397 e. The molecule has 1 aromatic carbocycles. The molecular formula is C25H30N2O5. The molecular weight excluding hydrogens is 408 g/mol. The van der Waals surface area contributed by atoms with Crippen molar-refractivity contribution in [3.05, 3.63) is 54.2 Å². The number of nitrogens with one attached hydrogen (secondary N) is 1. The molecule has 0 bridgehead atoms. The van der Waals surface area contributed by atoms with Gasteiger partial charge >= 0.3 is 11.9 Å². The lowest BCUT2D eigenvalue weighted by atomic mass is 9.59. The number of anilines is 1. The molecule has 1 aromatic heterocycles. The van der Waals surface area contributed by atoms with Crippen LogP contribution in [0.25, 0.3) is 0 Å². The predicted molar refractivity (Wildman–Crippen MR) is 119 cm³/mol. The summed E-state index contributed by atoms with van der Waals surface area (Å²) in [5, 5.41) is 2.46.